The Morgan fingerprint density at radius 3 is 2.60 bits per heavy atom. The molecule has 0 aliphatic rings. The molecule has 0 aromatic heterocycles. The van der Waals surface area contributed by atoms with Crippen molar-refractivity contribution in [3.63, 3.8) is 0 Å². The van der Waals surface area contributed by atoms with Crippen LogP contribution in [0.15, 0.2) is 40.9 Å². The first-order valence-electron chi connectivity index (χ1n) is 5.79. The van der Waals surface area contributed by atoms with Gasteiger partial charge in [-0.05, 0) is 35.9 Å². The molecule has 20 heavy (non-hydrogen) atoms. The molecule has 0 unspecified atom stereocenters. The number of halogens is 2. The normalized spacial score (nSPS) is 9.90. The van der Waals surface area contributed by atoms with Gasteiger partial charge in [0.05, 0.1) is 17.7 Å². The van der Waals surface area contributed by atoms with E-state index in [4.69, 9.17) is 26.3 Å². The summed E-state index contributed by atoms with van der Waals surface area (Å²) in [5.74, 6) is 1.15. The highest BCUT2D eigenvalue weighted by molar-refractivity contribution is 9.10. The number of nitriles is 1. The van der Waals surface area contributed by atoms with Crippen molar-refractivity contribution in [2.45, 2.75) is 6.61 Å². The number of hydrogen-bond donors (Lipinski definition) is 0. The molecular weight excluding hydrogens is 342 g/mol. The zero-order valence-electron chi connectivity index (χ0n) is 10.7. The Morgan fingerprint density at radius 2 is 1.95 bits per heavy atom. The lowest BCUT2D eigenvalue weighted by Crippen LogP contribution is -1.97. The molecule has 0 radical (unpaired) electrons. The molecule has 3 nitrogen and oxygen atoms in total. The molecule has 2 aromatic rings. The van der Waals surface area contributed by atoms with Crippen molar-refractivity contribution in [3.05, 3.63) is 57.0 Å². The summed E-state index contributed by atoms with van der Waals surface area (Å²) in [6.45, 7) is 0.333. The van der Waals surface area contributed by atoms with E-state index in [0.29, 0.717) is 28.7 Å². The summed E-state index contributed by atoms with van der Waals surface area (Å²) in [6, 6.07) is 12.9. The number of ether oxygens (including phenoxy) is 2. The Bertz CT molecular complexity index is 667. The summed E-state index contributed by atoms with van der Waals surface area (Å²) in [7, 11) is 1.54. The van der Waals surface area contributed by atoms with Gasteiger partial charge >= 0.3 is 0 Å². The monoisotopic (exact) mass is 351 g/mol. The molecule has 5 heteroatoms. The molecule has 0 N–H and O–H groups in total. The van der Waals surface area contributed by atoms with Crippen LogP contribution < -0.4 is 9.47 Å². The Morgan fingerprint density at radius 1 is 1.20 bits per heavy atom. The molecular formula is C15H11BrClNO2. The van der Waals surface area contributed by atoms with Crippen LogP contribution in [-0.2, 0) is 6.61 Å². The first-order valence-corrected chi connectivity index (χ1v) is 6.96. The molecule has 2 rings (SSSR count). The van der Waals surface area contributed by atoms with Crippen molar-refractivity contribution in [2.75, 3.05) is 7.11 Å². The third kappa shape index (κ3) is 3.44. The molecule has 0 saturated heterocycles. The second-order valence-electron chi connectivity index (χ2n) is 4.01. The molecule has 0 bridgehead atoms. The number of nitrogens with zero attached hydrogens (tertiary/aromatic N) is 1. The maximum Gasteiger partial charge on any atom is 0.138 e. The topological polar surface area (TPSA) is 42.2 Å². The van der Waals surface area contributed by atoms with Crippen molar-refractivity contribution >= 4 is 27.5 Å². The predicted octanol–water partition coefficient (Wildman–Crippen LogP) is 4.56. The van der Waals surface area contributed by atoms with Gasteiger partial charge in [-0.15, -0.1) is 0 Å². The minimum atomic E-state index is 0.333. The number of hydrogen-bond acceptors (Lipinski definition) is 3. The van der Waals surface area contributed by atoms with Crippen LogP contribution in [0, 0.1) is 11.3 Å². The van der Waals surface area contributed by atoms with E-state index in [1.165, 1.54) is 7.11 Å². The van der Waals surface area contributed by atoms with Gasteiger partial charge in [-0.25, -0.2) is 0 Å². The largest absolute Gasteiger partial charge is 0.495 e. The van der Waals surface area contributed by atoms with E-state index in [9.17, 15) is 0 Å². The second kappa shape index (κ2) is 6.65. The zero-order chi connectivity index (χ0) is 14.5. The van der Waals surface area contributed by atoms with Gasteiger partial charge in [0.1, 0.15) is 24.2 Å². The van der Waals surface area contributed by atoms with Crippen LogP contribution in [0.5, 0.6) is 11.5 Å². The highest BCUT2D eigenvalue weighted by Crippen LogP contribution is 2.28. The molecule has 0 atom stereocenters. The van der Waals surface area contributed by atoms with Crippen LogP contribution in [0.2, 0.25) is 5.02 Å². The van der Waals surface area contributed by atoms with Gasteiger partial charge in [-0.2, -0.15) is 5.26 Å². The van der Waals surface area contributed by atoms with Crippen LogP contribution in [-0.4, -0.2) is 7.11 Å². The highest BCUT2D eigenvalue weighted by atomic mass is 79.9. The summed E-state index contributed by atoms with van der Waals surface area (Å²) >= 11 is 9.41. The number of benzene rings is 2. The number of rotatable bonds is 4. The van der Waals surface area contributed by atoms with Crippen LogP contribution in [0.3, 0.4) is 0 Å². The van der Waals surface area contributed by atoms with E-state index >= 15 is 0 Å². The average molecular weight is 353 g/mol. The van der Waals surface area contributed by atoms with Gasteiger partial charge in [0.15, 0.2) is 0 Å². The summed E-state index contributed by atoms with van der Waals surface area (Å²) < 4.78 is 11.6. The van der Waals surface area contributed by atoms with Crippen LogP contribution in [0.1, 0.15) is 11.1 Å². The molecule has 0 heterocycles. The van der Waals surface area contributed by atoms with Gasteiger partial charge in [0.25, 0.3) is 0 Å². The van der Waals surface area contributed by atoms with E-state index in [1.807, 2.05) is 12.1 Å². The standard InChI is InChI=1S/C15H11BrClNO2/c1-19-14-4-2-10(6-11(14)8-18)9-20-15-5-3-12(16)7-13(15)17/h2-7H,9H2,1H3. The lowest BCUT2D eigenvalue weighted by Gasteiger charge is -2.09. The highest BCUT2D eigenvalue weighted by Gasteiger charge is 2.06. The van der Waals surface area contributed by atoms with Crippen molar-refractivity contribution in [3.8, 4) is 17.6 Å². The quantitative estimate of drug-likeness (QED) is 0.810. The van der Waals surface area contributed by atoms with E-state index in [0.717, 1.165) is 10.0 Å². The second-order valence-corrected chi connectivity index (χ2v) is 5.33. The minimum Gasteiger partial charge on any atom is -0.495 e. The Labute approximate surface area is 130 Å². The summed E-state index contributed by atoms with van der Waals surface area (Å²) in [4.78, 5) is 0. The SMILES string of the molecule is COc1ccc(COc2ccc(Br)cc2Cl)cc1C#N. The van der Waals surface area contributed by atoms with E-state index in [-0.39, 0.29) is 0 Å². The molecule has 2 aromatic carbocycles. The first kappa shape index (κ1) is 14.7. The van der Waals surface area contributed by atoms with E-state index in [1.54, 1.807) is 24.3 Å². The molecule has 0 spiro atoms. The molecule has 0 amide bonds. The maximum atomic E-state index is 9.04. The van der Waals surface area contributed by atoms with Gasteiger partial charge in [0.2, 0.25) is 0 Å². The summed E-state index contributed by atoms with van der Waals surface area (Å²) in [5, 5.41) is 9.57. The maximum absolute atomic E-state index is 9.04. The minimum absolute atomic E-state index is 0.333. The van der Waals surface area contributed by atoms with Gasteiger partial charge in [-0.3, -0.25) is 0 Å². The smallest absolute Gasteiger partial charge is 0.138 e. The fourth-order valence-corrected chi connectivity index (χ4v) is 2.41. The molecule has 0 saturated carbocycles. The summed E-state index contributed by atoms with van der Waals surface area (Å²) in [6.07, 6.45) is 0. The fourth-order valence-electron chi connectivity index (χ4n) is 1.69. The fraction of sp³-hybridized carbons (Fsp3) is 0.133. The van der Waals surface area contributed by atoms with Crippen LogP contribution in [0.25, 0.3) is 0 Å². The number of methoxy groups -OCH3 is 1. The Hall–Kier alpha value is -1.70. The third-order valence-corrected chi connectivity index (χ3v) is 3.46. The molecule has 0 aliphatic heterocycles. The predicted molar refractivity (Wildman–Crippen MR) is 81.2 cm³/mol. The average Bonchev–Trinajstić information content (AvgIpc) is 2.46. The molecule has 0 aliphatic carbocycles. The molecule has 0 fully saturated rings. The van der Waals surface area contributed by atoms with Gasteiger partial charge in [0, 0.05) is 4.47 Å². The lowest BCUT2D eigenvalue weighted by atomic mass is 10.1. The first-order chi connectivity index (χ1) is 9.63. The lowest BCUT2D eigenvalue weighted by molar-refractivity contribution is 0.306. The van der Waals surface area contributed by atoms with Crippen LogP contribution >= 0.6 is 27.5 Å². The zero-order valence-corrected chi connectivity index (χ0v) is 13.0. The van der Waals surface area contributed by atoms with E-state index in [2.05, 4.69) is 22.0 Å². The molecule has 102 valence electrons. The van der Waals surface area contributed by atoms with E-state index < -0.39 is 0 Å². The van der Waals surface area contributed by atoms with Crippen molar-refractivity contribution in [1.29, 1.82) is 5.26 Å². The van der Waals surface area contributed by atoms with Crippen LogP contribution in [0.4, 0.5) is 0 Å². The van der Waals surface area contributed by atoms with Gasteiger partial charge in [-0.1, -0.05) is 33.6 Å². The summed E-state index contributed by atoms with van der Waals surface area (Å²) in [5.41, 5.74) is 1.36. The Kier molecular flexibility index (Phi) is 4.89. The van der Waals surface area contributed by atoms with Crippen molar-refractivity contribution in [2.24, 2.45) is 0 Å². The Balaban J connectivity index is 2.13. The third-order valence-electron chi connectivity index (χ3n) is 2.67. The van der Waals surface area contributed by atoms with Crippen molar-refractivity contribution in [1.82, 2.24) is 0 Å². The van der Waals surface area contributed by atoms with Gasteiger partial charge < -0.3 is 9.47 Å². The van der Waals surface area contributed by atoms with Crippen molar-refractivity contribution < 1.29 is 9.47 Å².